The van der Waals surface area contributed by atoms with Crippen molar-refractivity contribution in [3.8, 4) is 0 Å². The van der Waals surface area contributed by atoms with Crippen molar-refractivity contribution in [1.82, 2.24) is 14.5 Å². The molecule has 1 aliphatic rings. The molecule has 0 spiro atoms. The van der Waals surface area contributed by atoms with E-state index in [1.165, 1.54) is 0 Å². The second-order valence-electron chi connectivity index (χ2n) is 7.17. The first-order valence-electron chi connectivity index (χ1n) is 9.68. The second kappa shape index (κ2) is 7.04. The lowest BCUT2D eigenvalue weighted by Gasteiger charge is -2.17. The van der Waals surface area contributed by atoms with Gasteiger partial charge in [0.15, 0.2) is 5.58 Å². The Morgan fingerprint density at radius 2 is 2.17 bits per heavy atom. The molecule has 8 heteroatoms. The second-order valence-corrected chi connectivity index (χ2v) is 8.28. The van der Waals surface area contributed by atoms with E-state index in [0.29, 0.717) is 25.1 Å². The van der Waals surface area contributed by atoms with Crippen LogP contribution in [-0.2, 0) is 6.42 Å². The number of nitrogens with one attached hydrogen (secondary N) is 1. The van der Waals surface area contributed by atoms with E-state index in [1.807, 2.05) is 36.4 Å². The molecule has 148 valence electrons. The van der Waals surface area contributed by atoms with Gasteiger partial charge in [-0.25, -0.2) is 14.6 Å². The summed E-state index contributed by atoms with van der Waals surface area (Å²) < 4.78 is 8.07. The summed E-state index contributed by atoms with van der Waals surface area (Å²) in [7, 11) is 0. The highest BCUT2D eigenvalue weighted by Crippen LogP contribution is 2.28. The third kappa shape index (κ3) is 3.19. The highest BCUT2D eigenvalue weighted by atomic mass is 32.1. The number of nitrogens with zero attached hydrogens (tertiary/aromatic N) is 3. The number of likely N-dealkylation sites (tertiary alicyclic amines) is 1. The maximum absolute atomic E-state index is 12.8. The minimum Gasteiger partial charge on any atom is -0.408 e. The Bertz CT molecular complexity index is 1270. The van der Waals surface area contributed by atoms with Crippen molar-refractivity contribution in [2.75, 3.05) is 18.4 Å². The molecule has 0 aliphatic carbocycles. The summed E-state index contributed by atoms with van der Waals surface area (Å²) in [6.45, 7) is 3.14. The number of carbonyl (C=O) groups is 1. The van der Waals surface area contributed by atoms with Crippen molar-refractivity contribution in [2.24, 2.45) is 0 Å². The molecular formula is C21H20N4O3S. The van der Waals surface area contributed by atoms with Gasteiger partial charge in [0.1, 0.15) is 0 Å². The largest absolute Gasteiger partial charge is 0.420 e. The van der Waals surface area contributed by atoms with Crippen molar-refractivity contribution in [1.29, 1.82) is 0 Å². The molecule has 3 heterocycles. The summed E-state index contributed by atoms with van der Waals surface area (Å²) in [6.07, 6.45) is 1.61. The number of aryl methyl sites for hydroxylation is 1. The van der Waals surface area contributed by atoms with E-state index >= 15 is 0 Å². The molecule has 1 aliphatic heterocycles. The van der Waals surface area contributed by atoms with E-state index < -0.39 is 0 Å². The van der Waals surface area contributed by atoms with E-state index in [4.69, 9.17) is 4.42 Å². The zero-order valence-electron chi connectivity index (χ0n) is 15.9. The quantitative estimate of drug-likeness (QED) is 0.550. The lowest BCUT2D eigenvalue weighted by Crippen LogP contribution is -2.34. The van der Waals surface area contributed by atoms with E-state index in [1.54, 1.807) is 26.9 Å². The molecule has 0 saturated carbocycles. The van der Waals surface area contributed by atoms with Gasteiger partial charge in [-0.2, -0.15) is 0 Å². The lowest BCUT2D eigenvalue weighted by atomic mass is 10.2. The predicted molar refractivity (Wildman–Crippen MR) is 114 cm³/mol. The fraction of sp³-hybridized carbons (Fsp3) is 0.286. The maximum atomic E-state index is 12.8. The van der Waals surface area contributed by atoms with Gasteiger partial charge in [-0.3, -0.25) is 4.57 Å². The van der Waals surface area contributed by atoms with Crippen LogP contribution < -0.4 is 11.1 Å². The first-order valence-corrected chi connectivity index (χ1v) is 10.5. The summed E-state index contributed by atoms with van der Waals surface area (Å²) in [5.41, 5.74) is 3.05. The minimum atomic E-state index is -0.374. The lowest BCUT2D eigenvalue weighted by molar-refractivity contribution is 0.220. The Labute approximate surface area is 170 Å². The fourth-order valence-electron chi connectivity index (χ4n) is 3.87. The molecule has 2 aromatic carbocycles. The number of carbonyl (C=O) groups excluding carboxylic acids is 1. The van der Waals surface area contributed by atoms with Gasteiger partial charge in [-0.1, -0.05) is 19.1 Å². The normalized spacial score (nSPS) is 16.7. The van der Waals surface area contributed by atoms with Gasteiger partial charge in [0, 0.05) is 18.8 Å². The Kier molecular flexibility index (Phi) is 4.35. The first-order chi connectivity index (χ1) is 14.1. The van der Waals surface area contributed by atoms with Crippen molar-refractivity contribution in [2.45, 2.75) is 25.8 Å². The van der Waals surface area contributed by atoms with Crippen LogP contribution in [0.15, 0.2) is 51.7 Å². The number of aromatic nitrogens is 2. The fourth-order valence-corrected chi connectivity index (χ4v) is 4.82. The Morgan fingerprint density at radius 3 is 3.03 bits per heavy atom. The number of rotatable bonds is 3. The molecule has 2 aromatic heterocycles. The number of hydrogen-bond donors (Lipinski definition) is 1. The van der Waals surface area contributed by atoms with Gasteiger partial charge in [-0.05, 0) is 43.2 Å². The van der Waals surface area contributed by atoms with Crippen molar-refractivity contribution < 1.29 is 9.21 Å². The standard InChI is InChI=1S/C21H20N4O3S/c1-2-19-23-15-8-7-13(11-18(15)29-19)22-20(26)24-10-9-14(12-24)25-16-5-3-4-6-17(16)28-21(25)27/h3-8,11,14H,2,9-10,12H2,1H3,(H,22,26). The summed E-state index contributed by atoms with van der Waals surface area (Å²) >= 11 is 1.65. The molecule has 1 N–H and O–H groups in total. The number of amides is 2. The Hall–Kier alpha value is -3.13. The number of fused-ring (bicyclic) bond motifs is 2. The summed E-state index contributed by atoms with van der Waals surface area (Å²) in [5.74, 6) is -0.374. The molecule has 1 unspecified atom stereocenters. The van der Waals surface area contributed by atoms with Gasteiger partial charge >= 0.3 is 11.8 Å². The zero-order chi connectivity index (χ0) is 20.0. The third-order valence-electron chi connectivity index (χ3n) is 5.32. The zero-order valence-corrected chi connectivity index (χ0v) is 16.7. The van der Waals surface area contributed by atoms with E-state index in [2.05, 4.69) is 17.2 Å². The molecule has 7 nitrogen and oxygen atoms in total. The van der Waals surface area contributed by atoms with Crippen molar-refractivity contribution in [3.63, 3.8) is 0 Å². The molecule has 0 bridgehead atoms. The van der Waals surface area contributed by atoms with Crippen LogP contribution >= 0.6 is 11.3 Å². The molecule has 0 radical (unpaired) electrons. The summed E-state index contributed by atoms with van der Waals surface area (Å²) in [5, 5.41) is 4.06. The van der Waals surface area contributed by atoms with Gasteiger partial charge in [0.05, 0.1) is 26.8 Å². The van der Waals surface area contributed by atoms with Gasteiger partial charge < -0.3 is 14.6 Å². The van der Waals surface area contributed by atoms with Crippen LogP contribution in [0.3, 0.4) is 0 Å². The topological polar surface area (TPSA) is 80.4 Å². The summed E-state index contributed by atoms with van der Waals surface area (Å²) in [4.78, 5) is 31.4. The minimum absolute atomic E-state index is 0.0898. The third-order valence-corrected chi connectivity index (χ3v) is 6.48. The maximum Gasteiger partial charge on any atom is 0.420 e. The molecule has 4 aromatic rings. The number of urea groups is 1. The van der Waals surface area contributed by atoms with Crippen LogP contribution in [0.4, 0.5) is 10.5 Å². The Morgan fingerprint density at radius 1 is 1.31 bits per heavy atom. The van der Waals surface area contributed by atoms with Gasteiger partial charge in [0.25, 0.3) is 0 Å². The Balaban J connectivity index is 1.33. The van der Waals surface area contributed by atoms with Crippen LogP contribution in [0.2, 0.25) is 0 Å². The van der Waals surface area contributed by atoms with E-state index in [0.717, 1.165) is 32.8 Å². The van der Waals surface area contributed by atoms with Crippen LogP contribution in [0.25, 0.3) is 21.3 Å². The molecule has 1 saturated heterocycles. The SMILES string of the molecule is CCc1nc2ccc(NC(=O)N3CCC(n4c(=O)oc5ccccc54)C3)cc2s1. The van der Waals surface area contributed by atoms with Gasteiger partial charge in [0.2, 0.25) is 0 Å². The van der Waals surface area contributed by atoms with Crippen LogP contribution in [-0.4, -0.2) is 33.6 Å². The van der Waals surface area contributed by atoms with Crippen LogP contribution in [0.5, 0.6) is 0 Å². The number of anilines is 1. The molecule has 2 amide bonds. The number of benzene rings is 2. The highest BCUT2D eigenvalue weighted by Gasteiger charge is 2.30. The van der Waals surface area contributed by atoms with Crippen LogP contribution in [0, 0.1) is 0 Å². The average molecular weight is 408 g/mol. The molecular weight excluding hydrogens is 388 g/mol. The summed E-state index contributed by atoms with van der Waals surface area (Å²) in [6, 6.07) is 12.9. The number of thiazole rings is 1. The first kappa shape index (κ1) is 17.9. The van der Waals surface area contributed by atoms with Crippen molar-refractivity contribution in [3.05, 3.63) is 58.0 Å². The number of hydrogen-bond acceptors (Lipinski definition) is 5. The predicted octanol–water partition coefficient (Wildman–Crippen LogP) is 4.25. The van der Waals surface area contributed by atoms with Gasteiger partial charge in [-0.15, -0.1) is 11.3 Å². The molecule has 5 rings (SSSR count). The molecule has 1 atom stereocenters. The highest BCUT2D eigenvalue weighted by molar-refractivity contribution is 7.18. The monoisotopic (exact) mass is 408 g/mol. The average Bonchev–Trinajstić information content (AvgIpc) is 3.42. The number of para-hydroxylation sites is 2. The number of oxazole rings is 1. The van der Waals surface area contributed by atoms with E-state index in [9.17, 15) is 9.59 Å². The van der Waals surface area contributed by atoms with Crippen LogP contribution in [0.1, 0.15) is 24.4 Å². The van der Waals surface area contributed by atoms with E-state index in [-0.39, 0.29) is 17.8 Å². The van der Waals surface area contributed by atoms with Crippen molar-refractivity contribution >= 4 is 44.4 Å². The smallest absolute Gasteiger partial charge is 0.408 e. The molecule has 29 heavy (non-hydrogen) atoms. The molecule has 1 fully saturated rings.